The largest absolute Gasteiger partial charge is 0.505 e. The van der Waals surface area contributed by atoms with Crippen LogP contribution < -0.4 is 11.5 Å². The lowest BCUT2D eigenvalue weighted by Gasteiger charge is -2.64. The van der Waals surface area contributed by atoms with E-state index in [-0.39, 0.29) is 53.1 Å². The summed E-state index contributed by atoms with van der Waals surface area (Å²) < 4.78 is 12.1. The zero-order valence-electron chi connectivity index (χ0n) is 28.6. The molecule has 278 valence electrons. The number of hydrogen-bond acceptors (Lipinski definition) is 9. The van der Waals surface area contributed by atoms with E-state index in [1.807, 2.05) is 55.5 Å². The van der Waals surface area contributed by atoms with Crippen LogP contribution in [0.4, 0.5) is 4.79 Å². The van der Waals surface area contributed by atoms with Gasteiger partial charge in [0.1, 0.15) is 5.52 Å². The number of aliphatic hydroxyl groups is 1. The fraction of sp³-hybridized carbons (Fsp3) is 0.432. The number of primary amides is 2. The highest BCUT2D eigenvalue weighted by Gasteiger charge is 2.76. The Bertz CT molecular complexity index is 1970. The molecule has 0 unspecified atom stereocenters. The lowest BCUT2D eigenvalue weighted by atomic mass is 9.45. The van der Waals surface area contributed by atoms with Gasteiger partial charge in [-0.15, -0.1) is 23.2 Å². The highest BCUT2D eigenvalue weighted by molar-refractivity contribution is 14.1. The number of fused-ring (bicyclic) bond motifs is 6. The lowest BCUT2D eigenvalue weighted by molar-refractivity contribution is -0.177. The average Bonchev–Trinajstić information content (AvgIpc) is 3.71. The van der Waals surface area contributed by atoms with Crippen molar-refractivity contribution in [2.75, 3.05) is 5.88 Å². The number of nitrogens with two attached hydrogens (primary N) is 2. The average molecular weight is 887 g/mol. The summed E-state index contributed by atoms with van der Waals surface area (Å²) >= 11 is 21.6. The van der Waals surface area contributed by atoms with E-state index < -0.39 is 39.4 Å². The minimum atomic E-state index is -1.53. The number of ether oxygens (including phenoxy) is 1. The topological polar surface area (TPSA) is 196 Å². The first kappa shape index (κ1) is 40.0. The molecule has 2 heterocycles. The number of nitrogens with zero attached hydrogens (tertiary/aromatic N) is 1. The van der Waals surface area contributed by atoms with Crippen LogP contribution in [-0.4, -0.2) is 61.2 Å². The number of aromatic nitrogens is 1. The van der Waals surface area contributed by atoms with Crippen LogP contribution in [-0.2, 0) is 14.3 Å². The number of urea groups is 1. The van der Waals surface area contributed by atoms with Gasteiger partial charge in [0.05, 0.1) is 31.7 Å². The van der Waals surface area contributed by atoms with Crippen molar-refractivity contribution in [3.05, 3.63) is 80.9 Å². The Hall–Kier alpha value is -3.17. The number of carbonyl (C=O) groups excluding carboxylic acids is 4. The fourth-order valence-corrected chi connectivity index (χ4v) is 11.0. The number of benzene rings is 1. The number of aliphatic hydroxyl groups excluding tert-OH is 1. The van der Waals surface area contributed by atoms with Crippen LogP contribution in [0.3, 0.4) is 0 Å². The SMILES string of the molecule is C[C@@H]1C[C@H]2[C@@H]3CCC4=CC(=O)C=C[C@]4(C)[C@@]3(Cl)[C@@H](O)C[C@]2(C)[C@@]1(OC(=O)c1ccco1)C(=O)CCl.NC(N)=O.Oc1c(I)cc(Cl)c2cccnc12. The number of phenolic OH excluding ortho intramolecular Hbond substituents is 1. The molecule has 3 aromatic rings. The monoisotopic (exact) mass is 885 g/mol. The van der Waals surface area contributed by atoms with Gasteiger partial charge in [0.2, 0.25) is 5.76 Å². The molecule has 3 fully saturated rings. The van der Waals surface area contributed by atoms with Gasteiger partial charge in [-0.25, -0.2) is 9.59 Å². The number of amides is 2. The Kier molecular flexibility index (Phi) is 11.5. The summed E-state index contributed by atoms with van der Waals surface area (Å²) in [6, 6.07) is 7.59. The zero-order valence-corrected chi connectivity index (χ0v) is 33.0. The van der Waals surface area contributed by atoms with Crippen molar-refractivity contribution in [2.24, 2.45) is 40.1 Å². The van der Waals surface area contributed by atoms with Crippen molar-refractivity contribution in [1.29, 1.82) is 0 Å². The molecule has 0 radical (unpaired) electrons. The minimum absolute atomic E-state index is 0.00557. The number of Topliss-reactive ketones (excluding diaryl/α,β-unsaturated/α-hetero) is 1. The summed E-state index contributed by atoms with van der Waals surface area (Å²) in [5.74, 6) is -1.93. The molecule has 0 aliphatic heterocycles. The third kappa shape index (κ3) is 6.41. The Morgan fingerprint density at radius 2 is 1.87 bits per heavy atom. The van der Waals surface area contributed by atoms with E-state index in [1.54, 1.807) is 30.5 Å². The maximum atomic E-state index is 13.6. The summed E-state index contributed by atoms with van der Waals surface area (Å²) in [4.78, 5) is 50.8. The van der Waals surface area contributed by atoms with Crippen LogP contribution in [0.25, 0.3) is 10.9 Å². The van der Waals surface area contributed by atoms with Crippen molar-refractivity contribution in [2.45, 2.75) is 63.0 Å². The number of esters is 1. The Morgan fingerprint density at radius 1 is 1.17 bits per heavy atom. The second-order valence-electron chi connectivity index (χ2n) is 14.1. The van der Waals surface area contributed by atoms with E-state index in [2.05, 4.69) is 16.5 Å². The van der Waals surface area contributed by atoms with Gasteiger partial charge in [0.15, 0.2) is 22.9 Å². The zero-order chi connectivity index (χ0) is 38.4. The third-order valence-electron chi connectivity index (χ3n) is 11.5. The Labute approximate surface area is 329 Å². The summed E-state index contributed by atoms with van der Waals surface area (Å²) in [6.45, 7) is 5.81. The van der Waals surface area contributed by atoms with Gasteiger partial charge in [0, 0.05) is 28.3 Å². The number of furan rings is 1. The third-order valence-corrected chi connectivity index (χ3v) is 13.8. The normalized spacial score (nSPS) is 32.8. The van der Waals surface area contributed by atoms with Crippen LogP contribution >= 0.6 is 57.4 Å². The van der Waals surface area contributed by atoms with E-state index in [0.29, 0.717) is 33.4 Å². The number of rotatable bonds is 4. The van der Waals surface area contributed by atoms with Crippen LogP contribution in [0.1, 0.15) is 57.0 Å². The number of aromatic hydroxyl groups is 1. The smallest absolute Gasteiger partial charge is 0.375 e. The van der Waals surface area contributed by atoms with Gasteiger partial charge in [0.25, 0.3) is 0 Å². The highest BCUT2D eigenvalue weighted by atomic mass is 127. The molecule has 4 aliphatic carbocycles. The molecule has 11 nitrogen and oxygen atoms in total. The summed E-state index contributed by atoms with van der Waals surface area (Å²) in [5.41, 5.74) is 6.85. The number of allylic oxidation sites excluding steroid dienone is 4. The fourth-order valence-electron chi connectivity index (χ4n) is 9.25. The molecule has 2 aromatic heterocycles. The number of alkyl halides is 2. The van der Waals surface area contributed by atoms with E-state index in [1.165, 1.54) is 18.4 Å². The maximum absolute atomic E-state index is 13.6. The van der Waals surface area contributed by atoms with Gasteiger partial charge < -0.3 is 30.8 Å². The molecule has 0 saturated heterocycles. The number of ketones is 2. The predicted octanol–water partition coefficient (Wildman–Crippen LogP) is 7.09. The van der Waals surface area contributed by atoms with E-state index in [4.69, 9.17) is 48.8 Å². The molecular weight excluding hydrogens is 848 g/mol. The molecule has 3 saturated carbocycles. The van der Waals surface area contributed by atoms with Gasteiger partial charge >= 0.3 is 12.0 Å². The van der Waals surface area contributed by atoms with Crippen LogP contribution in [0, 0.1) is 32.2 Å². The standard InChI is InChI=1S/C27H30Cl2O6.C9H5ClINO.CH4N2O/c1-15-11-19-18-7-6-16-12-17(30)8-9-24(16,2)26(18,29)21(31)13-25(19,3)27(15,22(32)14-28)35-23(33)20-5-4-10-34-20;10-6-4-7(11)9(13)8-5(6)2-1-3-12-8;2-1(3)4/h4-5,8-10,12,15,18-19,21,31H,6-7,11,13-14H2,1-3H3;1-4,13H;(H4,2,3,4)/t15-,18+,19+,21+,24+,25+,26+,27+;;/m1../s1. The molecule has 15 heteroatoms. The number of phenols is 1. The number of carbonyl (C=O) groups is 4. The molecule has 1 aromatic carbocycles. The van der Waals surface area contributed by atoms with E-state index in [9.17, 15) is 24.6 Å². The van der Waals surface area contributed by atoms with Gasteiger partial charge in [-0.05, 0) is 103 Å². The van der Waals surface area contributed by atoms with Crippen LogP contribution in [0.5, 0.6) is 5.75 Å². The predicted molar refractivity (Wildman–Crippen MR) is 205 cm³/mol. The molecule has 4 aliphatic rings. The summed E-state index contributed by atoms with van der Waals surface area (Å²) in [6.07, 6.45) is 9.07. The molecule has 7 rings (SSSR count). The van der Waals surface area contributed by atoms with Gasteiger partial charge in [-0.1, -0.05) is 44.0 Å². The van der Waals surface area contributed by atoms with Crippen molar-refractivity contribution >= 4 is 91.9 Å². The number of halogens is 4. The molecule has 0 bridgehead atoms. The minimum Gasteiger partial charge on any atom is -0.505 e. The van der Waals surface area contributed by atoms with Crippen molar-refractivity contribution < 1.29 is 38.5 Å². The van der Waals surface area contributed by atoms with E-state index >= 15 is 0 Å². The maximum Gasteiger partial charge on any atom is 0.375 e. The molecule has 52 heavy (non-hydrogen) atoms. The summed E-state index contributed by atoms with van der Waals surface area (Å²) in [5, 5.41) is 22.8. The number of pyridine rings is 1. The molecule has 8 atom stereocenters. The Balaban J connectivity index is 0.000000253. The first-order chi connectivity index (χ1) is 24.4. The van der Waals surface area contributed by atoms with Gasteiger partial charge in [-0.3, -0.25) is 14.6 Å². The highest BCUT2D eigenvalue weighted by Crippen LogP contribution is 2.72. The quantitative estimate of drug-likeness (QED) is 0.120. The summed E-state index contributed by atoms with van der Waals surface area (Å²) in [7, 11) is 0. The van der Waals surface area contributed by atoms with E-state index in [0.717, 1.165) is 11.0 Å². The second kappa shape index (κ2) is 14.9. The molecule has 2 amide bonds. The van der Waals surface area contributed by atoms with Crippen molar-refractivity contribution in [3.63, 3.8) is 0 Å². The number of hydrogen-bond donors (Lipinski definition) is 4. The Morgan fingerprint density at radius 3 is 2.50 bits per heavy atom. The van der Waals surface area contributed by atoms with Crippen molar-refractivity contribution in [1.82, 2.24) is 4.98 Å². The van der Waals surface area contributed by atoms with Crippen LogP contribution in [0.2, 0.25) is 5.02 Å². The van der Waals surface area contributed by atoms with Crippen LogP contribution in [0.15, 0.2) is 71.0 Å². The van der Waals surface area contributed by atoms with Gasteiger partial charge in [-0.2, -0.15) is 0 Å². The second-order valence-corrected chi connectivity index (χ2v) is 16.5. The first-order valence-electron chi connectivity index (χ1n) is 16.5. The molecule has 0 spiro atoms. The lowest BCUT2D eigenvalue weighted by Crippen LogP contribution is -2.69. The molecular formula is C37H39Cl3IN3O8. The molecule has 6 N–H and O–H groups in total. The first-order valence-corrected chi connectivity index (χ1v) is 18.9. The van der Waals surface area contributed by atoms with Crippen molar-refractivity contribution in [3.8, 4) is 5.75 Å².